The van der Waals surface area contributed by atoms with E-state index in [0.717, 1.165) is 28.1 Å². The molecular formula is C24H31Cl2N3O4S. The van der Waals surface area contributed by atoms with Crippen LogP contribution >= 0.6 is 23.2 Å². The fourth-order valence-electron chi connectivity index (χ4n) is 3.55. The molecule has 0 fully saturated rings. The second-order valence-corrected chi connectivity index (χ2v) is 10.8. The number of sulfonamides is 1. The van der Waals surface area contributed by atoms with Gasteiger partial charge in [-0.25, -0.2) is 8.42 Å². The van der Waals surface area contributed by atoms with E-state index in [1.54, 1.807) is 0 Å². The van der Waals surface area contributed by atoms with E-state index in [9.17, 15) is 18.0 Å². The van der Waals surface area contributed by atoms with Gasteiger partial charge in [-0.2, -0.15) is 0 Å². The molecule has 7 nitrogen and oxygen atoms in total. The minimum atomic E-state index is -3.86. The van der Waals surface area contributed by atoms with E-state index < -0.39 is 28.5 Å². The van der Waals surface area contributed by atoms with Crippen LogP contribution in [0.5, 0.6) is 0 Å². The van der Waals surface area contributed by atoms with Crippen LogP contribution in [0.15, 0.2) is 42.5 Å². The van der Waals surface area contributed by atoms with Gasteiger partial charge in [0.25, 0.3) is 0 Å². The maximum atomic E-state index is 13.6. The highest BCUT2D eigenvalue weighted by molar-refractivity contribution is 7.92. The number of nitrogens with one attached hydrogen (secondary N) is 1. The quantitative estimate of drug-likeness (QED) is 0.469. The van der Waals surface area contributed by atoms with E-state index in [-0.39, 0.29) is 28.2 Å². The van der Waals surface area contributed by atoms with Crippen molar-refractivity contribution in [2.45, 2.75) is 46.2 Å². The first kappa shape index (κ1) is 28.0. The van der Waals surface area contributed by atoms with Crippen LogP contribution in [-0.2, 0) is 26.2 Å². The maximum Gasteiger partial charge on any atom is 0.244 e. The average Bonchev–Trinajstić information content (AvgIpc) is 2.75. The van der Waals surface area contributed by atoms with Crippen LogP contribution in [0.2, 0.25) is 10.0 Å². The van der Waals surface area contributed by atoms with E-state index in [0.29, 0.717) is 13.0 Å². The third kappa shape index (κ3) is 7.61. The topological polar surface area (TPSA) is 86.8 Å². The van der Waals surface area contributed by atoms with Gasteiger partial charge in [-0.15, -0.1) is 0 Å². The zero-order valence-electron chi connectivity index (χ0n) is 19.8. The Kier molecular flexibility index (Phi) is 10.2. The van der Waals surface area contributed by atoms with Gasteiger partial charge in [0.15, 0.2) is 0 Å². The highest BCUT2D eigenvalue weighted by Gasteiger charge is 2.32. The maximum absolute atomic E-state index is 13.6. The number of hydrogen-bond donors (Lipinski definition) is 1. The molecule has 186 valence electrons. The van der Waals surface area contributed by atoms with Crippen molar-refractivity contribution in [3.63, 3.8) is 0 Å². The summed E-state index contributed by atoms with van der Waals surface area (Å²) in [5.74, 6) is -0.786. The van der Waals surface area contributed by atoms with Crippen LogP contribution in [0.3, 0.4) is 0 Å². The molecule has 0 heterocycles. The Labute approximate surface area is 212 Å². The minimum absolute atomic E-state index is 0.164. The van der Waals surface area contributed by atoms with Crippen LogP contribution in [0.1, 0.15) is 37.8 Å². The summed E-state index contributed by atoms with van der Waals surface area (Å²) < 4.78 is 26.2. The van der Waals surface area contributed by atoms with Gasteiger partial charge < -0.3 is 10.2 Å². The molecule has 0 saturated heterocycles. The molecular weight excluding hydrogens is 497 g/mol. The Bertz CT molecular complexity index is 1100. The van der Waals surface area contributed by atoms with Gasteiger partial charge in [-0.1, -0.05) is 61.3 Å². The molecule has 1 atom stereocenters. The zero-order chi connectivity index (χ0) is 25.5. The standard InChI is InChI=1S/C24H31Cl2N3O4S/c1-5-11-27-24(31)22(6-2)28(15-18-10-8-7-9-17(18)3)23(30)16-29(34(4,32)33)21-13-19(25)12-20(26)14-21/h7-10,12-14,22H,5-6,11,15-16H2,1-4H3,(H,27,31)/t22-/m0/s1. The SMILES string of the molecule is CCCNC(=O)[C@H](CC)N(Cc1ccccc1C)C(=O)CN(c1cc(Cl)cc(Cl)c1)S(C)(=O)=O. The number of halogens is 2. The summed E-state index contributed by atoms with van der Waals surface area (Å²) in [6, 6.07) is 11.1. The van der Waals surface area contributed by atoms with Crippen LogP contribution < -0.4 is 9.62 Å². The molecule has 2 aromatic rings. The van der Waals surface area contributed by atoms with Gasteiger partial charge in [0.2, 0.25) is 21.8 Å². The first-order valence-electron chi connectivity index (χ1n) is 11.0. The van der Waals surface area contributed by atoms with Gasteiger partial charge in [-0.05, 0) is 49.1 Å². The highest BCUT2D eigenvalue weighted by Crippen LogP contribution is 2.27. The first-order valence-corrected chi connectivity index (χ1v) is 13.6. The molecule has 0 saturated carbocycles. The summed E-state index contributed by atoms with van der Waals surface area (Å²) in [6.07, 6.45) is 2.13. The summed E-state index contributed by atoms with van der Waals surface area (Å²) in [5.41, 5.74) is 2.01. The summed E-state index contributed by atoms with van der Waals surface area (Å²) in [6.45, 7) is 5.83. The van der Waals surface area contributed by atoms with Crippen molar-refractivity contribution in [2.24, 2.45) is 0 Å². The minimum Gasteiger partial charge on any atom is -0.354 e. The van der Waals surface area contributed by atoms with E-state index in [4.69, 9.17) is 23.2 Å². The first-order chi connectivity index (χ1) is 16.0. The second kappa shape index (κ2) is 12.4. The van der Waals surface area contributed by atoms with Crippen molar-refractivity contribution in [3.05, 3.63) is 63.6 Å². The lowest BCUT2D eigenvalue weighted by Crippen LogP contribution is -2.52. The molecule has 10 heteroatoms. The molecule has 2 rings (SSSR count). The number of nitrogens with zero attached hydrogens (tertiary/aromatic N) is 2. The molecule has 1 N–H and O–H groups in total. The second-order valence-electron chi connectivity index (χ2n) is 8.06. The van der Waals surface area contributed by atoms with Crippen LogP contribution in [-0.4, -0.2) is 50.5 Å². The summed E-state index contributed by atoms with van der Waals surface area (Å²) >= 11 is 12.2. The van der Waals surface area contributed by atoms with Gasteiger partial charge in [0, 0.05) is 23.1 Å². The average molecular weight is 529 g/mol. The Morgan fingerprint density at radius 2 is 1.68 bits per heavy atom. The fraction of sp³-hybridized carbons (Fsp3) is 0.417. The van der Waals surface area contributed by atoms with Crippen LogP contribution in [0, 0.1) is 6.92 Å². The smallest absolute Gasteiger partial charge is 0.244 e. The summed E-state index contributed by atoms with van der Waals surface area (Å²) in [4.78, 5) is 28.0. The lowest BCUT2D eigenvalue weighted by Gasteiger charge is -2.33. The van der Waals surface area contributed by atoms with Crippen molar-refractivity contribution < 1.29 is 18.0 Å². The molecule has 0 aliphatic rings. The molecule has 0 aliphatic heterocycles. The van der Waals surface area contributed by atoms with E-state index in [1.165, 1.54) is 23.1 Å². The molecule has 2 amide bonds. The summed E-state index contributed by atoms with van der Waals surface area (Å²) in [5, 5.41) is 3.33. The molecule has 0 radical (unpaired) electrons. The Morgan fingerprint density at radius 3 is 2.21 bits per heavy atom. The molecule has 34 heavy (non-hydrogen) atoms. The predicted octanol–water partition coefficient (Wildman–Crippen LogP) is 4.40. The Morgan fingerprint density at radius 1 is 1.06 bits per heavy atom. The number of carbonyl (C=O) groups is 2. The highest BCUT2D eigenvalue weighted by atomic mass is 35.5. The number of anilines is 1. The van der Waals surface area contributed by atoms with Crippen LogP contribution in [0.25, 0.3) is 0 Å². The molecule has 2 aromatic carbocycles. The Balaban J connectivity index is 2.47. The third-order valence-corrected chi connectivity index (χ3v) is 6.93. The van der Waals surface area contributed by atoms with Crippen molar-refractivity contribution in [1.82, 2.24) is 10.2 Å². The van der Waals surface area contributed by atoms with E-state index in [1.807, 2.05) is 45.0 Å². The zero-order valence-corrected chi connectivity index (χ0v) is 22.2. The van der Waals surface area contributed by atoms with Gasteiger partial charge in [0.05, 0.1) is 11.9 Å². The number of benzene rings is 2. The third-order valence-electron chi connectivity index (χ3n) is 5.35. The molecule has 0 aromatic heterocycles. The molecule has 0 bridgehead atoms. The largest absolute Gasteiger partial charge is 0.354 e. The predicted molar refractivity (Wildman–Crippen MR) is 138 cm³/mol. The van der Waals surface area contributed by atoms with Gasteiger partial charge >= 0.3 is 0 Å². The fourth-order valence-corrected chi connectivity index (χ4v) is 4.90. The van der Waals surface area contributed by atoms with E-state index >= 15 is 0 Å². The van der Waals surface area contributed by atoms with Gasteiger partial charge in [0.1, 0.15) is 12.6 Å². The number of carbonyl (C=O) groups excluding carboxylic acids is 2. The number of hydrogen-bond acceptors (Lipinski definition) is 4. The van der Waals surface area contributed by atoms with Crippen molar-refractivity contribution in [3.8, 4) is 0 Å². The van der Waals surface area contributed by atoms with Crippen molar-refractivity contribution in [2.75, 3.05) is 23.7 Å². The monoisotopic (exact) mass is 527 g/mol. The van der Waals surface area contributed by atoms with Gasteiger partial charge in [-0.3, -0.25) is 13.9 Å². The van der Waals surface area contributed by atoms with Crippen LogP contribution in [0.4, 0.5) is 5.69 Å². The molecule has 0 spiro atoms. The number of rotatable bonds is 11. The number of amides is 2. The number of aryl methyl sites for hydroxylation is 1. The lowest BCUT2D eigenvalue weighted by atomic mass is 10.1. The molecule has 0 unspecified atom stereocenters. The Hall–Kier alpha value is -2.29. The lowest BCUT2D eigenvalue weighted by molar-refractivity contribution is -0.140. The van der Waals surface area contributed by atoms with Crippen molar-refractivity contribution >= 4 is 50.7 Å². The van der Waals surface area contributed by atoms with E-state index in [2.05, 4.69) is 5.32 Å². The summed E-state index contributed by atoms with van der Waals surface area (Å²) in [7, 11) is -3.86. The normalized spacial score (nSPS) is 12.2. The molecule has 0 aliphatic carbocycles. The van der Waals surface area contributed by atoms with Crippen molar-refractivity contribution in [1.29, 1.82) is 0 Å².